The van der Waals surface area contributed by atoms with Crippen molar-refractivity contribution in [2.45, 2.75) is 92.6 Å². The average molecular weight is 875 g/mol. The lowest BCUT2D eigenvalue weighted by Crippen LogP contribution is -2.82. The molecule has 14 heteroatoms. The molecule has 316 valence electrons. The van der Waals surface area contributed by atoms with Crippen molar-refractivity contribution in [1.82, 2.24) is 14.8 Å². The zero-order chi connectivity index (χ0) is 41.9. The molecule has 6 heterocycles. The van der Waals surface area contributed by atoms with E-state index >= 15 is 4.79 Å². The summed E-state index contributed by atoms with van der Waals surface area (Å²) >= 11 is 3.24. The van der Waals surface area contributed by atoms with Crippen LogP contribution in [0.15, 0.2) is 48.6 Å². The number of H-pyrrole nitrogens is 1. The minimum atomic E-state index is -2.33. The number of aromatic nitrogens is 1. The first-order chi connectivity index (χ1) is 28.2. The number of rotatable bonds is 8. The molecule has 2 aromatic carbocycles. The number of primary amides is 1. The molecular formula is C45H56BrN5O8. The highest BCUT2D eigenvalue weighted by molar-refractivity contribution is 9.09. The van der Waals surface area contributed by atoms with E-state index in [4.69, 9.17) is 19.9 Å². The van der Waals surface area contributed by atoms with Gasteiger partial charge in [-0.3, -0.25) is 24.2 Å². The predicted molar refractivity (Wildman–Crippen MR) is 226 cm³/mol. The number of fused-ring (bicyclic) bond motifs is 6. The first-order valence-corrected chi connectivity index (χ1v) is 22.1. The zero-order valence-electron chi connectivity index (χ0n) is 34.6. The second-order valence-electron chi connectivity index (χ2n) is 18.1. The number of amides is 1. The van der Waals surface area contributed by atoms with E-state index in [9.17, 15) is 19.8 Å². The van der Waals surface area contributed by atoms with Gasteiger partial charge in [0.2, 0.25) is 5.60 Å². The molecule has 1 spiro atoms. The van der Waals surface area contributed by atoms with E-state index in [1.54, 1.807) is 7.11 Å². The Bertz CT molecular complexity index is 2260. The van der Waals surface area contributed by atoms with Gasteiger partial charge in [-0.2, -0.15) is 0 Å². The molecule has 9 rings (SSSR count). The number of benzene rings is 2. The summed E-state index contributed by atoms with van der Waals surface area (Å²) in [5.41, 5.74) is 4.61. The summed E-state index contributed by atoms with van der Waals surface area (Å²) < 4.78 is 18.5. The second kappa shape index (κ2) is 14.1. The fourth-order valence-electron chi connectivity index (χ4n) is 13.4. The fraction of sp³-hybridized carbons (Fsp3) is 0.578. The Balaban J connectivity index is 1.35. The van der Waals surface area contributed by atoms with E-state index in [0.29, 0.717) is 82.6 Å². The molecule has 5 N–H and O–H groups in total. The van der Waals surface area contributed by atoms with Crippen molar-refractivity contribution in [3.63, 3.8) is 0 Å². The standard InChI is InChI=1S/C45H56BrN5O8/c1-6-41(55)21-26-22-44(40(54)58-5,35-28(13-17-50(24-26)25-41)27-11-8-9-12-31(27)48-35)30-19-29-32(20-33(30)57-4)49(3)37-43(29)15-18-51-16-10-14-42(7-2,36(43)51)38(59-34(52)23-46)45(37,56)39(47)53/h8-12,14,19-20,26,36-38,48,55-56H,6-7,13,15-18,21-25H2,1-5H3,(H2,47,53)/t26-,36+,37-,38-,41+,42-,43-,44+,45+/m1/s1. The number of anilines is 1. The normalized spacial score (nSPS) is 37.0. The molecule has 10 atom stereocenters. The predicted octanol–water partition coefficient (Wildman–Crippen LogP) is 3.68. The molecular weight excluding hydrogens is 818 g/mol. The van der Waals surface area contributed by atoms with Crippen molar-refractivity contribution in [1.29, 1.82) is 0 Å². The number of carbonyl (C=O) groups is 3. The minimum Gasteiger partial charge on any atom is -0.496 e. The lowest BCUT2D eigenvalue weighted by molar-refractivity contribution is -0.216. The Kier molecular flexibility index (Phi) is 9.63. The second-order valence-corrected chi connectivity index (χ2v) is 18.7. The number of nitrogens with two attached hydrogens (primary N) is 1. The molecule has 0 radical (unpaired) electrons. The number of para-hydroxylation sites is 1. The third kappa shape index (κ3) is 5.31. The number of methoxy groups -OCH3 is 2. The third-order valence-electron chi connectivity index (χ3n) is 15.6. The highest BCUT2D eigenvalue weighted by Crippen LogP contribution is 2.68. The maximum atomic E-state index is 15.3. The molecule has 1 unspecified atom stereocenters. The van der Waals surface area contributed by atoms with E-state index in [2.05, 4.69) is 42.8 Å². The molecule has 1 saturated carbocycles. The van der Waals surface area contributed by atoms with Crippen molar-refractivity contribution in [2.75, 3.05) is 64.2 Å². The van der Waals surface area contributed by atoms with Crippen molar-refractivity contribution >= 4 is 50.4 Å². The summed E-state index contributed by atoms with van der Waals surface area (Å²) in [4.78, 5) is 53.0. The van der Waals surface area contributed by atoms with E-state index in [1.165, 1.54) is 7.11 Å². The molecule has 2 saturated heterocycles. The van der Waals surface area contributed by atoms with Crippen LogP contribution in [-0.2, 0) is 41.1 Å². The largest absolute Gasteiger partial charge is 0.496 e. The molecule has 13 nitrogen and oxygen atoms in total. The van der Waals surface area contributed by atoms with Gasteiger partial charge in [-0.05, 0) is 74.2 Å². The third-order valence-corrected chi connectivity index (χ3v) is 16.0. The van der Waals surface area contributed by atoms with E-state index in [-0.39, 0.29) is 17.3 Å². The number of nitrogens with one attached hydrogen (secondary N) is 1. The van der Waals surface area contributed by atoms with Gasteiger partial charge in [0.25, 0.3) is 5.91 Å². The fourth-order valence-corrected chi connectivity index (χ4v) is 13.5. The number of halogens is 1. The van der Waals surface area contributed by atoms with Gasteiger partial charge < -0.3 is 40.0 Å². The quantitative estimate of drug-likeness (QED) is 0.148. The van der Waals surface area contributed by atoms with Crippen molar-refractivity contribution in [2.24, 2.45) is 17.1 Å². The Morgan fingerprint density at radius 2 is 1.81 bits per heavy atom. The van der Waals surface area contributed by atoms with Crippen LogP contribution in [-0.4, -0.2) is 132 Å². The molecule has 3 aromatic rings. The van der Waals surface area contributed by atoms with E-state index in [1.807, 2.05) is 62.2 Å². The maximum Gasteiger partial charge on any atom is 0.322 e. The topological polar surface area (TPSA) is 171 Å². The van der Waals surface area contributed by atoms with Gasteiger partial charge >= 0.3 is 11.9 Å². The van der Waals surface area contributed by atoms with Crippen LogP contribution in [0.4, 0.5) is 5.69 Å². The van der Waals surface area contributed by atoms with Crippen LogP contribution in [0.5, 0.6) is 5.75 Å². The van der Waals surface area contributed by atoms with Crippen LogP contribution in [0.1, 0.15) is 68.3 Å². The summed E-state index contributed by atoms with van der Waals surface area (Å²) in [6.07, 6.45) is 5.85. The first-order valence-electron chi connectivity index (χ1n) is 21.0. The zero-order valence-corrected chi connectivity index (χ0v) is 36.1. The number of hydrogen-bond donors (Lipinski definition) is 4. The molecule has 1 amide bonds. The highest BCUT2D eigenvalue weighted by Gasteiger charge is 2.79. The molecule has 1 aromatic heterocycles. The molecule has 3 fully saturated rings. The Morgan fingerprint density at radius 3 is 2.51 bits per heavy atom. The number of alkyl halides is 1. The maximum absolute atomic E-state index is 15.3. The minimum absolute atomic E-state index is 0.102. The number of likely N-dealkylation sites (N-methyl/N-ethyl adjacent to an activating group) is 1. The van der Waals surface area contributed by atoms with Crippen molar-refractivity contribution in [3.8, 4) is 5.75 Å². The van der Waals surface area contributed by atoms with Crippen LogP contribution >= 0.6 is 15.9 Å². The highest BCUT2D eigenvalue weighted by atomic mass is 79.9. The van der Waals surface area contributed by atoms with Gasteiger partial charge in [-0.15, -0.1) is 0 Å². The number of aromatic amines is 1. The number of esters is 2. The molecule has 1 aliphatic carbocycles. The monoisotopic (exact) mass is 873 g/mol. The van der Waals surface area contributed by atoms with Crippen molar-refractivity contribution < 1.29 is 38.8 Å². The first kappa shape index (κ1) is 40.5. The number of aliphatic hydroxyl groups is 2. The van der Waals surface area contributed by atoms with Crippen molar-refractivity contribution in [3.05, 3.63) is 70.9 Å². The summed E-state index contributed by atoms with van der Waals surface area (Å²) in [6.45, 7) is 7.28. The number of hydrogen-bond acceptors (Lipinski definition) is 11. The van der Waals surface area contributed by atoms with E-state index < -0.39 is 57.4 Å². The van der Waals surface area contributed by atoms with Crippen LogP contribution < -0.4 is 15.4 Å². The van der Waals surface area contributed by atoms with Crippen LogP contribution in [0.3, 0.4) is 0 Å². The van der Waals surface area contributed by atoms with Gasteiger partial charge in [-0.25, -0.2) is 0 Å². The van der Waals surface area contributed by atoms with Gasteiger partial charge in [-0.1, -0.05) is 60.1 Å². The number of carbonyl (C=O) groups excluding carboxylic acids is 3. The lowest BCUT2D eigenvalue weighted by atomic mass is 9.47. The Morgan fingerprint density at radius 1 is 1.03 bits per heavy atom. The summed E-state index contributed by atoms with van der Waals surface area (Å²) in [6, 6.07) is 10.9. The number of nitrogens with zero attached hydrogens (tertiary/aromatic N) is 3. The molecule has 5 aliphatic heterocycles. The van der Waals surface area contributed by atoms with Crippen LogP contribution in [0.25, 0.3) is 10.9 Å². The van der Waals surface area contributed by atoms with Gasteiger partial charge in [0.05, 0.1) is 25.9 Å². The average Bonchev–Trinajstić information content (AvgIpc) is 3.90. The lowest BCUT2D eigenvalue weighted by Gasteiger charge is -2.63. The summed E-state index contributed by atoms with van der Waals surface area (Å²) in [7, 11) is 4.87. The van der Waals surface area contributed by atoms with Crippen LogP contribution in [0.2, 0.25) is 0 Å². The number of ether oxygens (including phenoxy) is 3. The van der Waals surface area contributed by atoms with Gasteiger partial charge in [0.15, 0.2) is 6.10 Å². The van der Waals surface area contributed by atoms with Gasteiger partial charge in [0, 0.05) is 84.0 Å². The SMILES string of the molecule is CC[C@]1(O)C[C@H]2CN(CCc3c([nH]c4ccccc34)[C@@](C(=O)OC)(c3cc4c(cc3OC)N(C)[C@H]3[C@@](O)(C(N)=O)[C@H](OC(=O)CBr)[C@]5(CC)C=CCN6CC[C@]43[C@@H]65)C2)C1. The molecule has 6 aliphatic rings. The summed E-state index contributed by atoms with van der Waals surface area (Å²) in [5.74, 6) is -1.68. The molecule has 59 heavy (non-hydrogen) atoms. The Labute approximate surface area is 353 Å². The van der Waals surface area contributed by atoms with Crippen LogP contribution in [0, 0.1) is 11.3 Å². The smallest absolute Gasteiger partial charge is 0.322 e. The summed E-state index contributed by atoms with van der Waals surface area (Å²) in [5, 5.41) is 26.1. The van der Waals surface area contributed by atoms with Gasteiger partial charge in [0.1, 0.15) is 16.5 Å². The Hall–Kier alpha value is -3.95. The molecule has 2 bridgehead atoms. The van der Waals surface area contributed by atoms with E-state index in [0.717, 1.165) is 33.4 Å². The number of piperidine rings is 1.